The van der Waals surface area contributed by atoms with Crippen LogP contribution in [0.15, 0.2) is 72.8 Å². The Hall–Kier alpha value is -3.65. The molecule has 0 bridgehead atoms. The van der Waals surface area contributed by atoms with E-state index in [1.807, 2.05) is 24.3 Å². The van der Waals surface area contributed by atoms with Gasteiger partial charge in [0.2, 0.25) is 5.91 Å². The van der Waals surface area contributed by atoms with E-state index in [1.54, 1.807) is 17.0 Å². The second-order valence-corrected chi connectivity index (χ2v) is 8.14. The van der Waals surface area contributed by atoms with Crippen LogP contribution in [0.2, 0.25) is 0 Å². The van der Waals surface area contributed by atoms with Crippen molar-refractivity contribution in [1.29, 1.82) is 0 Å². The normalized spacial score (nSPS) is 14.3. The van der Waals surface area contributed by atoms with Gasteiger partial charge in [-0.1, -0.05) is 48.5 Å². The van der Waals surface area contributed by atoms with Crippen LogP contribution in [0, 0.1) is 0 Å². The maximum Gasteiger partial charge on any atom is 0.416 e. The van der Waals surface area contributed by atoms with E-state index in [9.17, 15) is 27.9 Å². The van der Waals surface area contributed by atoms with Gasteiger partial charge in [0, 0.05) is 18.7 Å². The van der Waals surface area contributed by atoms with Gasteiger partial charge in [0.25, 0.3) is 5.91 Å². The number of rotatable bonds is 5. The molecule has 0 fully saturated rings. The van der Waals surface area contributed by atoms with E-state index in [1.165, 1.54) is 29.8 Å². The monoisotopic (exact) mass is 468 g/mol. The van der Waals surface area contributed by atoms with Gasteiger partial charge in [-0.2, -0.15) is 13.2 Å². The van der Waals surface area contributed by atoms with Gasteiger partial charge in [-0.25, -0.2) is 0 Å². The standard InChI is InChI=1S/C26H23F3N2O3/c27-26(28,29)22-11-9-19(10-12-22)18-5-7-20(8-6-18)24(33)30-23(16-32)25(34)31-14-13-17-3-1-2-4-21(17)15-31/h1-12,23,32H,13-16H2,(H,30,33). The first-order valence-corrected chi connectivity index (χ1v) is 10.8. The van der Waals surface area contributed by atoms with E-state index in [0.717, 1.165) is 17.7 Å². The maximum atomic E-state index is 12.9. The van der Waals surface area contributed by atoms with Crippen LogP contribution in [0.4, 0.5) is 13.2 Å². The molecule has 4 rings (SSSR count). The van der Waals surface area contributed by atoms with Crippen molar-refractivity contribution in [2.75, 3.05) is 13.2 Å². The van der Waals surface area contributed by atoms with Crippen molar-refractivity contribution in [2.45, 2.75) is 25.2 Å². The summed E-state index contributed by atoms with van der Waals surface area (Å²) >= 11 is 0. The van der Waals surface area contributed by atoms with Crippen LogP contribution in [-0.4, -0.2) is 41.0 Å². The van der Waals surface area contributed by atoms with Gasteiger partial charge < -0.3 is 15.3 Å². The van der Waals surface area contributed by atoms with E-state index in [4.69, 9.17) is 0 Å². The Bertz CT molecular complexity index is 1180. The molecule has 1 unspecified atom stereocenters. The predicted octanol–water partition coefficient (Wildman–Crippen LogP) is 4.05. The van der Waals surface area contributed by atoms with Gasteiger partial charge in [0.05, 0.1) is 12.2 Å². The summed E-state index contributed by atoms with van der Waals surface area (Å²) in [6.45, 7) is 0.388. The molecule has 1 aliphatic rings. The molecule has 5 nitrogen and oxygen atoms in total. The van der Waals surface area contributed by atoms with Crippen LogP contribution < -0.4 is 5.32 Å². The molecule has 0 spiro atoms. The number of nitrogens with zero attached hydrogens (tertiary/aromatic N) is 1. The Labute approximate surface area is 194 Å². The minimum atomic E-state index is -4.40. The Balaban J connectivity index is 1.41. The second-order valence-electron chi connectivity index (χ2n) is 8.14. The van der Waals surface area contributed by atoms with Crippen LogP contribution in [0.25, 0.3) is 11.1 Å². The molecule has 3 aromatic carbocycles. The van der Waals surface area contributed by atoms with Gasteiger partial charge in [0.1, 0.15) is 6.04 Å². The van der Waals surface area contributed by atoms with E-state index in [2.05, 4.69) is 5.32 Å². The molecule has 3 aromatic rings. The van der Waals surface area contributed by atoms with Crippen LogP contribution in [-0.2, 0) is 23.9 Å². The summed E-state index contributed by atoms with van der Waals surface area (Å²) < 4.78 is 38.2. The molecule has 1 aliphatic heterocycles. The number of nitrogens with one attached hydrogen (secondary N) is 1. The van der Waals surface area contributed by atoms with Gasteiger partial charge in [-0.15, -0.1) is 0 Å². The van der Waals surface area contributed by atoms with E-state index < -0.39 is 30.3 Å². The van der Waals surface area contributed by atoms with Crippen LogP contribution in [0.5, 0.6) is 0 Å². The molecular weight excluding hydrogens is 445 g/mol. The number of hydrogen-bond acceptors (Lipinski definition) is 3. The number of carbonyl (C=O) groups is 2. The molecule has 0 aliphatic carbocycles. The van der Waals surface area contributed by atoms with Gasteiger partial charge >= 0.3 is 6.18 Å². The number of aliphatic hydroxyl groups excluding tert-OH is 1. The minimum absolute atomic E-state index is 0.269. The summed E-state index contributed by atoms with van der Waals surface area (Å²) in [7, 11) is 0. The van der Waals surface area contributed by atoms with E-state index in [0.29, 0.717) is 30.6 Å². The van der Waals surface area contributed by atoms with Crippen LogP contribution in [0.3, 0.4) is 0 Å². The van der Waals surface area contributed by atoms with Crippen molar-refractivity contribution in [3.05, 3.63) is 95.1 Å². The fraction of sp³-hybridized carbons (Fsp3) is 0.231. The number of alkyl halides is 3. The highest BCUT2D eigenvalue weighted by Crippen LogP contribution is 2.31. The average molecular weight is 468 g/mol. The Morgan fingerprint density at radius 3 is 2.09 bits per heavy atom. The summed E-state index contributed by atoms with van der Waals surface area (Å²) in [5, 5.41) is 12.3. The molecule has 1 heterocycles. The van der Waals surface area contributed by atoms with Crippen molar-refractivity contribution in [1.82, 2.24) is 10.2 Å². The van der Waals surface area contributed by atoms with E-state index in [-0.39, 0.29) is 11.5 Å². The molecule has 2 amide bonds. The SMILES string of the molecule is O=C(NC(CO)C(=O)N1CCc2ccccc2C1)c1ccc(-c2ccc(C(F)(F)F)cc2)cc1. The smallest absolute Gasteiger partial charge is 0.394 e. The zero-order valence-corrected chi connectivity index (χ0v) is 18.2. The quantitative estimate of drug-likeness (QED) is 0.594. The summed E-state index contributed by atoms with van der Waals surface area (Å²) in [6.07, 6.45) is -3.70. The number of hydrogen-bond donors (Lipinski definition) is 2. The van der Waals surface area contributed by atoms with Crippen molar-refractivity contribution >= 4 is 11.8 Å². The first kappa shape index (κ1) is 23.5. The first-order chi connectivity index (χ1) is 16.3. The molecule has 34 heavy (non-hydrogen) atoms. The predicted molar refractivity (Wildman–Crippen MR) is 121 cm³/mol. The molecular formula is C26H23F3N2O3. The summed E-state index contributed by atoms with van der Waals surface area (Å²) in [5.41, 5.74) is 2.99. The molecule has 8 heteroatoms. The lowest BCUT2D eigenvalue weighted by atomic mass is 9.99. The van der Waals surface area contributed by atoms with Crippen LogP contribution in [0.1, 0.15) is 27.0 Å². The number of amides is 2. The molecule has 0 aromatic heterocycles. The van der Waals surface area contributed by atoms with Gasteiger partial charge in [-0.05, 0) is 52.9 Å². The zero-order valence-electron chi connectivity index (χ0n) is 18.2. The number of aliphatic hydroxyl groups is 1. The maximum absolute atomic E-state index is 12.9. The van der Waals surface area contributed by atoms with Crippen molar-refractivity contribution in [2.24, 2.45) is 0 Å². The van der Waals surface area contributed by atoms with Gasteiger partial charge in [0.15, 0.2) is 0 Å². The topological polar surface area (TPSA) is 69.6 Å². The molecule has 0 saturated heterocycles. The van der Waals surface area contributed by atoms with Crippen LogP contribution >= 0.6 is 0 Å². The third-order valence-corrected chi connectivity index (χ3v) is 5.92. The highest BCUT2D eigenvalue weighted by Gasteiger charge is 2.30. The highest BCUT2D eigenvalue weighted by atomic mass is 19.4. The van der Waals surface area contributed by atoms with E-state index >= 15 is 0 Å². The number of halogens is 3. The van der Waals surface area contributed by atoms with Crippen molar-refractivity contribution in [3.63, 3.8) is 0 Å². The first-order valence-electron chi connectivity index (χ1n) is 10.8. The average Bonchev–Trinajstić information content (AvgIpc) is 2.86. The molecule has 0 radical (unpaired) electrons. The van der Waals surface area contributed by atoms with Crippen molar-refractivity contribution < 1.29 is 27.9 Å². The Kier molecular flexibility index (Phi) is 6.70. The summed E-state index contributed by atoms with van der Waals surface area (Å²) in [6, 6.07) is 17.8. The fourth-order valence-corrected chi connectivity index (χ4v) is 4.00. The molecule has 176 valence electrons. The van der Waals surface area contributed by atoms with Gasteiger partial charge in [-0.3, -0.25) is 9.59 Å². The highest BCUT2D eigenvalue weighted by molar-refractivity contribution is 5.98. The third-order valence-electron chi connectivity index (χ3n) is 5.92. The summed E-state index contributed by atoms with van der Waals surface area (Å²) in [4.78, 5) is 27.2. The molecule has 2 N–H and O–H groups in total. The fourth-order valence-electron chi connectivity index (χ4n) is 4.00. The lowest BCUT2D eigenvalue weighted by Crippen LogP contribution is -2.51. The summed E-state index contributed by atoms with van der Waals surface area (Å²) in [5.74, 6) is -0.879. The molecule has 1 atom stereocenters. The minimum Gasteiger partial charge on any atom is -0.394 e. The zero-order chi connectivity index (χ0) is 24.3. The molecule has 0 saturated carbocycles. The Morgan fingerprint density at radius 1 is 0.912 bits per heavy atom. The van der Waals surface area contributed by atoms with Crippen molar-refractivity contribution in [3.8, 4) is 11.1 Å². The number of carbonyl (C=O) groups excluding carboxylic acids is 2. The Morgan fingerprint density at radius 2 is 1.50 bits per heavy atom. The number of benzene rings is 3. The second kappa shape index (κ2) is 9.69. The lowest BCUT2D eigenvalue weighted by molar-refractivity contribution is -0.137. The lowest BCUT2D eigenvalue weighted by Gasteiger charge is -2.31. The number of fused-ring (bicyclic) bond motifs is 1. The third kappa shape index (κ3) is 5.12. The largest absolute Gasteiger partial charge is 0.416 e.